The Morgan fingerprint density at radius 1 is 1.50 bits per heavy atom. The first-order valence-corrected chi connectivity index (χ1v) is 5.08. The highest BCUT2D eigenvalue weighted by Gasteiger charge is 2.14. The molecule has 86 valence electrons. The molecule has 0 aliphatic rings. The second-order valence-corrected chi connectivity index (χ2v) is 3.34. The number of hydrogen-bond donors (Lipinski definition) is 1. The molecule has 0 saturated carbocycles. The lowest BCUT2D eigenvalue weighted by molar-refractivity contribution is 0.0959. The van der Waals surface area contributed by atoms with Gasteiger partial charge in [0.05, 0.1) is 12.2 Å². The van der Waals surface area contributed by atoms with Crippen LogP contribution in [0.4, 0.5) is 0 Å². The molecule has 0 bridgehead atoms. The molecule has 0 heterocycles. The fraction of sp³-hybridized carbons (Fsp3) is 0.333. The lowest BCUT2D eigenvalue weighted by atomic mass is 10.0. The van der Waals surface area contributed by atoms with Crippen LogP contribution in [0.3, 0.4) is 0 Å². The van der Waals surface area contributed by atoms with Crippen LogP contribution in [0, 0.1) is 6.92 Å². The van der Waals surface area contributed by atoms with E-state index in [0.717, 1.165) is 11.8 Å². The average molecular weight is 221 g/mol. The Hall–Kier alpha value is -1.84. The quantitative estimate of drug-likeness (QED) is 0.785. The molecule has 1 rings (SSSR count). The van der Waals surface area contributed by atoms with Gasteiger partial charge in [-0.3, -0.25) is 9.59 Å². The van der Waals surface area contributed by atoms with Crippen molar-refractivity contribution in [3.05, 3.63) is 28.8 Å². The molecule has 1 N–H and O–H groups in total. The molecule has 4 heteroatoms. The van der Waals surface area contributed by atoms with Crippen molar-refractivity contribution >= 4 is 12.2 Å². The average Bonchev–Trinajstić information content (AvgIpc) is 2.30. The van der Waals surface area contributed by atoms with E-state index in [0.29, 0.717) is 23.5 Å². The minimum absolute atomic E-state index is 0.254. The number of hydrogen-bond acceptors (Lipinski definition) is 3. The molecule has 0 atom stereocenters. The van der Waals surface area contributed by atoms with Gasteiger partial charge in [-0.05, 0) is 31.5 Å². The number of aldehydes is 1. The predicted molar refractivity (Wildman–Crippen MR) is 61.1 cm³/mol. The Balaban J connectivity index is 3.33. The maximum atomic E-state index is 11.6. The lowest BCUT2D eigenvalue weighted by Gasteiger charge is -2.12. The van der Waals surface area contributed by atoms with Gasteiger partial charge in [-0.25, -0.2) is 0 Å². The SMILES string of the molecule is CCOc1c(C)cc(C=O)cc1C(=O)NC. The van der Waals surface area contributed by atoms with Crippen molar-refractivity contribution in [3.8, 4) is 5.75 Å². The minimum Gasteiger partial charge on any atom is -0.493 e. The van der Waals surface area contributed by atoms with Crippen LogP contribution >= 0.6 is 0 Å². The largest absolute Gasteiger partial charge is 0.493 e. The summed E-state index contributed by atoms with van der Waals surface area (Å²) in [4.78, 5) is 22.3. The zero-order valence-electron chi connectivity index (χ0n) is 9.66. The van der Waals surface area contributed by atoms with Crippen molar-refractivity contribution in [1.82, 2.24) is 5.32 Å². The summed E-state index contributed by atoms with van der Waals surface area (Å²) in [6.45, 7) is 4.14. The molecule has 0 fully saturated rings. The van der Waals surface area contributed by atoms with E-state index >= 15 is 0 Å². The Bertz CT molecular complexity index is 413. The van der Waals surface area contributed by atoms with E-state index in [-0.39, 0.29) is 5.91 Å². The minimum atomic E-state index is -0.254. The first-order chi connectivity index (χ1) is 7.63. The third kappa shape index (κ3) is 2.39. The van der Waals surface area contributed by atoms with Crippen LogP contribution < -0.4 is 10.1 Å². The molecule has 0 unspecified atom stereocenters. The van der Waals surface area contributed by atoms with Gasteiger partial charge in [-0.2, -0.15) is 0 Å². The molecule has 1 aromatic carbocycles. The van der Waals surface area contributed by atoms with Crippen LogP contribution in [0.25, 0.3) is 0 Å². The summed E-state index contributed by atoms with van der Waals surface area (Å²) in [5, 5.41) is 2.52. The van der Waals surface area contributed by atoms with E-state index in [1.165, 1.54) is 6.07 Å². The first kappa shape index (κ1) is 12.2. The Labute approximate surface area is 94.6 Å². The van der Waals surface area contributed by atoms with Gasteiger partial charge in [0.1, 0.15) is 12.0 Å². The number of carbonyl (C=O) groups is 2. The number of benzene rings is 1. The second-order valence-electron chi connectivity index (χ2n) is 3.34. The van der Waals surface area contributed by atoms with Gasteiger partial charge in [0.25, 0.3) is 5.91 Å². The Morgan fingerprint density at radius 3 is 2.69 bits per heavy atom. The summed E-state index contributed by atoms with van der Waals surface area (Å²) in [5.41, 5.74) is 1.65. The van der Waals surface area contributed by atoms with E-state index in [1.807, 2.05) is 13.8 Å². The summed E-state index contributed by atoms with van der Waals surface area (Å²) in [7, 11) is 1.54. The third-order valence-electron chi connectivity index (χ3n) is 2.19. The van der Waals surface area contributed by atoms with Crippen molar-refractivity contribution in [3.63, 3.8) is 0 Å². The van der Waals surface area contributed by atoms with Gasteiger partial charge in [-0.1, -0.05) is 0 Å². The number of carbonyl (C=O) groups excluding carboxylic acids is 2. The molecule has 1 amide bonds. The number of ether oxygens (including phenoxy) is 1. The van der Waals surface area contributed by atoms with Gasteiger partial charge in [0.2, 0.25) is 0 Å². The van der Waals surface area contributed by atoms with Crippen molar-refractivity contribution < 1.29 is 14.3 Å². The number of aryl methyl sites for hydroxylation is 1. The van der Waals surface area contributed by atoms with Crippen LogP contribution in [-0.2, 0) is 0 Å². The number of amides is 1. The molecule has 0 aliphatic heterocycles. The highest BCUT2D eigenvalue weighted by atomic mass is 16.5. The summed E-state index contributed by atoms with van der Waals surface area (Å²) >= 11 is 0. The molecule has 16 heavy (non-hydrogen) atoms. The van der Waals surface area contributed by atoms with Crippen molar-refractivity contribution in [1.29, 1.82) is 0 Å². The molecule has 4 nitrogen and oxygen atoms in total. The summed E-state index contributed by atoms with van der Waals surface area (Å²) in [6.07, 6.45) is 0.717. The van der Waals surface area contributed by atoms with Crippen LogP contribution in [0.15, 0.2) is 12.1 Å². The maximum absolute atomic E-state index is 11.6. The third-order valence-corrected chi connectivity index (χ3v) is 2.19. The predicted octanol–water partition coefficient (Wildman–Crippen LogP) is 1.57. The monoisotopic (exact) mass is 221 g/mol. The normalized spacial score (nSPS) is 9.69. The van der Waals surface area contributed by atoms with Gasteiger partial charge >= 0.3 is 0 Å². The van der Waals surface area contributed by atoms with Crippen LogP contribution in [-0.4, -0.2) is 25.8 Å². The Kier molecular flexibility index (Phi) is 4.05. The maximum Gasteiger partial charge on any atom is 0.254 e. The Morgan fingerprint density at radius 2 is 2.19 bits per heavy atom. The zero-order valence-corrected chi connectivity index (χ0v) is 9.66. The van der Waals surface area contributed by atoms with Gasteiger partial charge in [0.15, 0.2) is 0 Å². The summed E-state index contributed by atoms with van der Waals surface area (Å²) in [6, 6.07) is 3.23. The van der Waals surface area contributed by atoms with E-state index in [1.54, 1.807) is 13.1 Å². The van der Waals surface area contributed by atoms with Crippen molar-refractivity contribution in [2.45, 2.75) is 13.8 Å². The highest BCUT2D eigenvalue weighted by molar-refractivity contribution is 5.98. The van der Waals surface area contributed by atoms with Crippen molar-refractivity contribution in [2.75, 3.05) is 13.7 Å². The van der Waals surface area contributed by atoms with E-state index in [4.69, 9.17) is 4.74 Å². The molecule has 0 saturated heterocycles. The second kappa shape index (κ2) is 5.30. The molecule has 0 spiro atoms. The molecule has 0 radical (unpaired) electrons. The van der Waals surface area contributed by atoms with Crippen LogP contribution in [0.2, 0.25) is 0 Å². The summed E-state index contributed by atoms with van der Waals surface area (Å²) < 4.78 is 5.41. The molecule has 1 aromatic rings. The van der Waals surface area contributed by atoms with Crippen molar-refractivity contribution in [2.24, 2.45) is 0 Å². The highest BCUT2D eigenvalue weighted by Crippen LogP contribution is 2.25. The number of rotatable bonds is 4. The molecule has 0 aromatic heterocycles. The van der Waals surface area contributed by atoms with E-state index < -0.39 is 0 Å². The fourth-order valence-corrected chi connectivity index (χ4v) is 1.51. The van der Waals surface area contributed by atoms with E-state index in [9.17, 15) is 9.59 Å². The van der Waals surface area contributed by atoms with Gasteiger partial charge < -0.3 is 10.1 Å². The number of nitrogens with one attached hydrogen (secondary N) is 1. The standard InChI is InChI=1S/C12H15NO3/c1-4-16-11-8(2)5-9(7-14)6-10(11)12(15)13-3/h5-7H,4H2,1-3H3,(H,13,15). The van der Waals surface area contributed by atoms with Gasteiger partial charge in [0, 0.05) is 12.6 Å². The van der Waals surface area contributed by atoms with Crippen LogP contribution in [0.5, 0.6) is 5.75 Å². The molecular weight excluding hydrogens is 206 g/mol. The summed E-state index contributed by atoms with van der Waals surface area (Å²) in [5.74, 6) is 0.280. The first-order valence-electron chi connectivity index (χ1n) is 5.08. The van der Waals surface area contributed by atoms with Crippen LogP contribution in [0.1, 0.15) is 33.2 Å². The topological polar surface area (TPSA) is 55.4 Å². The lowest BCUT2D eigenvalue weighted by Crippen LogP contribution is -2.19. The smallest absolute Gasteiger partial charge is 0.254 e. The molecular formula is C12H15NO3. The zero-order chi connectivity index (χ0) is 12.1. The van der Waals surface area contributed by atoms with Gasteiger partial charge in [-0.15, -0.1) is 0 Å². The fourth-order valence-electron chi connectivity index (χ4n) is 1.51. The van der Waals surface area contributed by atoms with E-state index in [2.05, 4.69) is 5.32 Å². The molecule has 0 aliphatic carbocycles.